The van der Waals surface area contributed by atoms with E-state index in [4.69, 9.17) is 22.8 Å². The lowest BCUT2D eigenvalue weighted by molar-refractivity contribution is 0.339. The summed E-state index contributed by atoms with van der Waals surface area (Å²) in [6.07, 6.45) is 6.63. The number of anilines is 1. The number of fused-ring (bicyclic) bond motifs is 1. The fourth-order valence-corrected chi connectivity index (χ4v) is 2.43. The number of hydrogen-bond donors (Lipinski definition) is 1. The van der Waals surface area contributed by atoms with E-state index >= 15 is 0 Å². The number of benzene rings is 1. The van der Waals surface area contributed by atoms with Crippen molar-refractivity contribution < 1.29 is 4.74 Å². The maximum absolute atomic E-state index is 12.3. The van der Waals surface area contributed by atoms with Crippen molar-refractivity contribution in [2.45, 2.75) is 12.6 Å². The highest BCUT2D eigenvalue weighted by atomic mass is 35.5. The van der Waals surface area contributed by atoms with Gasteiger partial charge in [-0.05, 0) is 6.07 Å². The molecule has 1 atom stereocenters. The molecule has 0 amide bonds. The fourth-order valence-electron chi connectivity index (χ4n) is 2.25. The third-order valence-electron chi connectivity index (χ3n) is 3.26. The zero-order valence-corrected chi connectivity index (χ0v) is 11.8. The molecular formula is C15H12ClN3O2. The van der Waals surface area contributed by atoms with Gasteiger partial charge in [-0.25, -0.2) is 4.68 Å². The average molecular weight is 302 g/mol. The van der Waals surface area contributed by atoms with E-state index in [1.54, 1.807) is 0 Å². The monoisotopic (exact) mass is 301 g/mol. The van der Waals surface area contributed by atoms with Gasteiger partial charge in [-0.2, -0.15) is 5.10 Å². The Bertz CT molecular complexity index is 779. The largest absolute Gasteiger partial charge is 0.491 e. The van der Waals surface area contributed by atoms with Gasteiger partial charge in [0.25, 0.3) is 5.56 Å². The van der Waals surface area contributed by atoms with E-state index in [0.29, 0.717) is 6.61 Å². The summed E-state index contributed by atoms with van der Waals surface area (Å²) in [5, 5.41) is 7.30. The Hall–Kier alpha value is -2.45. The fraction of sp³-hybridized carbons (Fsp3) is 0.200. The van der Waals surface area contributed by atoms with Crippen LogP contribution in [0, 0.1) is 12.3 Å². The van der Waals surface area contributed by atoms with Gasteiger partial charge in [-0.1, -0.05) is 35.7 Å². The first-order valence-corrected chi connectivity index (χ1v) is 6.76. The van der Waals surface area contributed by atoms with Crippen molar-refractivity contribution in [1.82, 2.24) is 9.78 Å². The van der Waals surface area contributed by atoms with Crippen molar-refractivity contribution in [3.63, 3.8) is 0 Å². The van der Waals surface area contributed by atoms with Gasteiger partial charge in [-0.15, -0.1) is 6.42 Å². The smallest absolute Gasteiger partial charge is 0.292 e. The highest BCUT2D eigenvalue weighted by Gasteiger charge is 2.25. The number of nitrogens with one attached hydrogen (secondary N) is 1. The molecule has 0 spiro atoms. The van der Waals surface area contributed by atoms with Crippen LogP contribution in [-0.2, 0) is 6.54 Å². The minimum absolute atomic E-state index is 0.0996. The minimum atomic E-state index is -0.343. The Kier molecular flexibility index (Phi) is 3.55. The van der Waals surface area contributed by atoms with Crippen LogP contribution in [0.5, 0.6) is 5.75 Å². The van der Waals surface area contributed by atoms with E-state index in [0.717, 1.165) is 11.3 Å². The summed E-state index contributed by atoms with van der Waals surface area (Å²) in [5.41, 5.74) is 0.935. The first-order valence-electron chi connectivity index (χ1n) is 6.38. The number of halogens is 1. The summed E-state index contributed by atoms with van der Waals surface area (Å²) >= 11 is 6.08. The molecule has 3 rings (SSSR count). The molecule has 5 nitrogen and oxygen atoms in total. The molecule has 106 valence electrons. The summed E-state index contributed by atoms with van der Waals surface area (Å²) in [7, 11) is 0. The second-order valence-electron chi connectivity index (χ2n) is 4.58. The standard InChI is InChI=1S/C15H12ClN3O2/c1-2-7-19-15(20)14(11(16)8-17-19)18-12-9-21-13-6-4-3-5-10(12)13/h1,3-6,8,12,18H,7,9H2. The van der Waals surface area contributed by atoms with Crippen molar-refractivity contribution in [3.05, 3.63) is 51.4 Å². The predicted octanol–water partition coefficient (Wildman–Crippen LogP) is 2.08. The van der Waals surface area contributed by atoms with Gasteiger partial charge in [0, 0.05) is 5.56 Å². The van der Waals surface area contributed by atoms with Crippen molar-refractivity contribution >= 4 is 17.3 Å². The van der Waals surface area contributed by atoms with E-state index in [-0.39, 0.29) is 28.9 Å². The molecule has 2 heterocycles. The number of aromatic nitrogens is 2. The third-order valence-corrected chi connectivity index (χ3v) is 3.54. The molecule has 1 aliphatic heterocycles. The Labute approximate surface area is 126 Å². The predicted molar refractivity (Wildman–Crippen MR) is 80.6 cm³/mol. The maximum atomic E-state index is 12.3. The molecule has 1 aromatic carbocycles. The SMILES string of the molecule is C#CCn1ncc(Cl)c(NC2COc3ccccc32)c1=O. The van der Waals surface area contributed by atoms with Crippen molar-refractivity contribution in [2.75, 3.05) is 11.9 Å². The van der Waals surface area contributed by atoms with Gasteiger partial charge in [0.2, 0.25) is 0 Å². The molecule has 1 aromatic heterocycles. The Morgan fingerprint density at radius 3 is 3.14 bits per heavy atom. The topological polar surface area (TPSA) is 56.1 Å². The van der Waals surface area contributed by atoms with E-state index < -0.39 is 0 Å². The summed E-state index contributed by atoms with van der Waals surface area (Å²) in [4.78, 5) is 12.3. The molecule has 21 heavy (non-hydrogen) atoms. The lowest BCUT2D eigenvalue weighted by Crippen LogP contribution is -2.27. The van der Waals surface area contributed by atoms with Crippen LogP contribution in [0.3, 0.4) is 0 Å². The summed E-state index contributed by atoms with van der Waals surface area (Å²) in [6.45, 7) is 0.537. The van der Waals surface area contributed by atoms with Crippen molar-refractivity contribution in [3.8, 4) is 18.1 Å². The first-order chi connectivity index (χ1) is 10.2. The zero-order valence-electron chi connectivity index (χ0n) is 11.0. The second-order valence-corrected chi connectivity index (χ2v) is 4.99. The summed E-state index contributed by atoms with van der Waals surface area (Å²) in [6, 6.07) is 7.54. The van der Waals surface area contributed by atoms with E-state index in [9.17, 15) is 4.79 Å². The Morgan fingerprint density at radius 1 is 1.52 bits per heavy atom. The number of nitrogens with zero attached hydrogens (tertiary/aromatic N) is 2. The van der Waals surface area contributed by atoms with Crippen LogP contribution in [0.2, 0.25) is 5.02 Å². The molecule has 0 saturated carbocycles. The number of para-hydroxylation sites is 1. The first kappa shape index (κ1) is 13.5. The minimum Gasteiger partial charge on any atom is -0.491 e. The molecule has 1 N–H and O–H groups in total. The van der Waals surface area contributed by atoms with Gasteiger partial charge in [0.15, 0.2) is 0 Å². The summed E-state index contributed by atoms with van der Waals surface area (Å²) < 4.78 is 6.77. The lowest BCUT2D eigenvalue weighted by Gasteiger charge is -2.14. The van der Waals surface area contributed by atoms with Crippen LogP contribution >= 0.6 is 11.6 Å². The normalized spacial score (nSPS) is 15.9. The molecule has 1 aliphatic rings. The molecule has 2 aromatic rings. The van der Waals surface area contributed by atoms with Crippen LogP contribution in [-0.4, -0.2) is 16.4 Å². The molecular weight excluding hydrogens is 290 g/mol. The molecule has 6 heteroatoms. The van der Waals surface area contributed by atoms with Crippen LogP contribution in [0.4, 0.5) is 5.69 Å². The molecule has 0 bridgehead atoms. The molecule has 0 radical (unpaired) electrons. The number of hydrogen-bond acceptors (Lipinski definition) is 4. The van der Waals surface area contributed by atoms with Crippen molar-refractivity contribution in [1.29, 1.82) is 0 Å². The lowest BCUT2D eigenvalue weighted by atomic mass is 10.1. The van der Waals surface area contributed by atoms with Crippen LogP contribution in [0.15, 0.2) is 35.3 Å². The number of terminal acetylenes is 1. The molecule has 0 aliphatic carbocycles. The van der Waals surface area contributed by atoms with E-state index in [2.05, 4.69) is 16.3 Å². The second kappa shape index (κ2) is 5.51. The van der Waals surface area contributed by atoms with Crippen LogP contribution in [0.1, 0.15) is 11.6 Å². The van der Waals surface area contributed by atoms with Crippen LogP contribution < -0.4 is 15.6 Å². The number of rotatable bonds is 3. The quantitative estimate of drug-likeness (QED) is 0.882. The Morgan fingerprint density at radius 2 is 2.33 bits per heavy atom. The van der Waals surface area contributed by atoms with E-state index in [1.165, 1.54) is 10.9 Å². The maximum Gasteiger partial charge on any atom is 0.292 e. The highest BCUT2D eigenvalue weighted by Crippen LogP contribution is 2.34. The summed E-state index contributed by atoms with van der Waals surface area (Å²) in [5.74, 6) is 3.20. The average Bonchev–Trinajstić information content (AvgIpc) is 2.90. The molecule has 0 saturated heterocycles. The molecule has 1 unspecified atom stereocenters. The van der Waals surface area contributed by atoms with E-state index in [1.807, 2.05) is 24.3 Å². The highest BCUT2D eigenvalue weighted by molar-refractivity contribution is 6.33. The van der Waals surface area contributed by atoms with Crippen molar-refractivity contribution in [2.24, 2.45) is 0 Å². The number of ether oxygens (including phenoxy) is 1. The van der Waals surface area contributed by atoms with Gasteiger partial charge >= 0.3 is 0 Å². The van der Waals surface area contributed by atoms with Gasteiger partial charge in [0.1, 0.15) is 24.6 Å². The Balaban J connectivity index is 1.95. The molecule has 0 fully saturated rings. The van der Waals surface area contributed by atoms with Gasteiger partial charge in [0.05, 0.1) is 17.3 Å². The van der Waals surface area contributed by atoms with Crippen LogP contribution in [0.25, 0.3) is 0 Å². The van der Waals surface area contributed by atoms with Gasteiger partial charge in [-0.3, -0.25) is 4.79 Å². The van der Waals surface area contributed by atoms with Gasteiger partial charge < -0.3 is 10.1 Å². The third kappa shape index (κ3) is 2.46. The zero-order chi connectivity index (χ0) is 14.8.